The Balaban J connectivity index is 1.46. The van der Waals surface area contributed by atoms with Crippen LogP contribution in [0.4, 0.5) is 4.39 Å². The molecular weight excluding hydrogens is 387 g/mol. The lowest BCUT2D eigenvalue weighted by Gasteiger charge is -2.29. The number of hydrogen-bond donors (Lipinski definition) is 0. The summed E-state index contributed by atoms with van der Waals surface area (Å²) in [5, 5.41) is 0. The van der Waals surface area contributed by atoms with Crippen molar-refractivity contribution in [2.24, 2.45) is 0 Å². The van der Waals surface area contributed by atoms with Crippen LogP contribution in [-0.2, 0) is 4.74 Å². The highest BCUT2D eigenvalue weighted by Gasteiger charge is 2.23. The van der Waals surface area contributed by atoms with Crippen molar-refractivity contribution in [3.05, 3.63) is 59.4 Å². The molecule has 0 radical (unpaired) electrons. The predicted molar refractivity (Wildman–Crippen MR) is 126 cm³/mol. The molecule has 0 spiro atoms. The highest BCUT2D eigenvalue weighted by Crippen LogP contribution is 2.36. The minimum Gasteiger partial charge on any atom is -0.378 e. The second kappa shape index (κ2) is 12.1. The molecule has 0 saturated heterocycles. The van der Waals surface area contributed by atoms with Gasteiger partial charge in [0.2, 0.25) is 0 Å². The molecule has 1 aliphatic rings. The van der Waals surface area contributed by atoms with E-state index in [-0.39, 0.29) is 11.6 Å². The molecule has 3 rings (SSSR count). The summed E-state index contributed by atoms with van der Waals surface area (Å²) in [6.07, 6.45) is 12.4. The maximum absolute atomic E-state index is 14.9. The standard InChI is InChI=1S/C28H37FO2/c1-3-4-5-6-7-8-19-31-26-16-13-23(14-17-26)25-15-18-27(28(29)20-25)24-11-9-22(10-12-24)21(2)30/h9-12,15,18,20,23,26H,3-8,13-14,16-17,19H2,1-2H3. The van der Waals surface area contributed by atoms with E-state index in [0.29, 0.717) is 23.1 Å². The molecule has 1 fully saturated rings. The number of ketones is 1. The number of unbranched alkanes of at least 4 members (excludes halogenated alkanes) is 5. The molecule has 31 heavy (non-hydrogen) atoms. The predicted octanol–water partition coefficient (Wildman–Crippen LogP) is 8.10. The van der Waals surface area contributed by atoms with Crippen LogP contribution in [0.1, 0.15) is 99.9 Å². The third-order valence-corrected chi connectivity index (χ3v) is 6.59. The lowest BCUT2D eigenvalue weighted by atomic mass is 9.82. The monoisotopic (exact) mass is 424 g/mol. The summed E-state index contributed by atoms with van der Waals surface area (Å²) in [5.74, 6) is 0.251. The van der Waals surface area contributed by atoms with Gasteiger partial charge in [-0.2, -0.15) is 0 Å². The molecule has 2 nitrogen and oxygen atoms in total. The summed E-state index contributed by atoms with van der Waals surface area (Å²) >= 11 is 0. The van der Waals surface area contributed by atoms with Crippen molar-refractivity contribution in [1.29, 1.82) is 0 Å². The number of rotatable bonds is 11. The molecule has 3 heteroatoms. The molecule has 1 aliphatic carbocycles. The maximum Gasteiger partial charge on any atom is 0.159 e. The third kappa shape index (κ3) is 7.00. The lowest BCUT2D eigenvalue weighted by molar-refractivity contribution is 0.0226. The van der Waals surface area contributed by atoms with Crippen molar-refractivity contribution in [2.45, 2.75) is 90.1 Å². The zero-order valence-corrected chi connectivity index (χ0v) is 19.2. The van der Waals surface area contributed by atoms with Gasteiger partial charge in [0.15, 0.2) is 5.78 Å². The molecule has 0 aliphatic heterocycles. The average molecular weight is 425 g/mol. The Morgan fingerprint density at radius 3 is 2.26 bits per heavy atom. The van der Waals surface area contributed by atoms with Crippen LogP contribution in [0.15, 0.2) is 42.5 Å². The molecule has 0 amide bonds. The summed E-state index contributed by atoms with van der Waals surface area (Å²) in [4.78, 5) is 11.4. The molecule has 0 unspecified atom stereocenters. The lowest BCUT2D eigenvalue weighted by Crippen LogP contribution is -2.21. The number of carbonyl (C=O) groups excluding carboxylic acids is 1. The van der Waals surface area contributed by atoms with E-state index >= 15 is 0 Å². The summed E-state index contributed by atoms with van der Waals surface area (Å²) < 4.78 is 21.0. The Bertz CT molecular complexity index is 819. The van der Waals surface area contributed by atoms with E-state index in [0.717, 1.165) is 43.4 Å². The van der Waals surface area contributed by atoms with E-state index < -0.39 is 0 Å². The minimum atomic E-state index is -0.186. The van der Waals surface area contributed by atoms with Crippen molar-refractivity contribution >= 4 is 5.78 Å². The molecule has 2 aromatic rings. The molecule has 0 bridgehead atoms. The van der Waals surface area contributed by atoms with Crippen LogP contribution in [0.3, 0.4) is 0 Å². The topological polar surface area (TPSA) is 26.3 Å². The molecular formula is C28H37FO2. The van der Waals surface area contributed by atoms with E-state index in [1.165, 1.54) is 38.5 Å². The highest BCUT2D eigenvalue weighted by molar-refractivity contribution is 5.94. The number of hydrogen-bond acceptors (Lipinski definition) is 2. The fourth-order valence-corrected chi connectivity index (χ4v) is 4.60. The SMILES string of the molecule is CCCCCCCCOC1CCC(c2ccc(-c3ccc(C(C)=O)cc3)c(F)c2)CC1. The van der Waals surface area contributed by atoms with Crippen LogP contribution in [-0.4, -0.2) is 18.5 Å². The minimum absolute atomic E-state index is 0.0222. The molecule has 2 aromatic carbocycles. The number of Topliss-reactive ketones (excluding diaryl/α,β-unsaturated/α-hetero) is 1. The van der Waals surface area contributed by atoms with Crippen molar-refractivity contribution in [1.82, 2.24) is 0 Å². The van der Waals surface area contributed by atoms with Crippen molar-refractivity contribution in [3.8, 4) is 11.1 Å². The fraction of sp³-hybridized carbons (Fsp3) is 0.536. The normalized spacial score (nSPS) is 18.8. The fourth-order valence-electron chi connectivity index (χ4n) is 4.60. The van der Waals surface area contributed by atoms with Gasteiger partial charge in [-0.1, -0.05) is 75.4 Å². The van der Waals surface area contributed by atoms with Gasteiger partial charge in [0, 0.05) is 17.7 Å². The van der Waals surface area contributed by atoms with E-state index in [2.05, 4.69) is 13.0 Å². The van der Waals surface area contributed by atoms with Crippen molar-refractivity contribution < 1.29 is 13.9 Å². The first-order valence-electron chi connectivity index (χ1n) is 12.1. The van der Waals surface area contributed by atoms with Gasteiger partial charge in [-0.05, 0) is 62.1 Å². The van der Waals surface area contributed by atoms with Crippen LogP contribution in [0, 0.1) is 5.82 Å². The average Bonchev–Trinajstić information content (AvgIpc) is 2.79. The van der Waals surface area contributed by atoms with Gasteiger partial charge in [-0.3, -0.25) is 4.79 Å². The Morgan fingerprint density at radius 2 is 1.61 bits per heavy atom. The van der Waals surface area contributed by atoms with Crippen molar-refractivity contribution in [3.63, 3.8) is 0 Å². The van der Waals surface area contributed by atoms with Gasteiger partial charge in [0.25, 0.3) is 0 Å². The van der Waals surface area contributed by atoms with Gasteiger partial charge in [0.05, 0.1) is 6.10 Å². The third-order valence-electron chi connectivity index (χ3n) is 6.59. The van der Waals surface area contributed by atoms with Gasteiger partial charge in [-0.15, -0.1) is 0 Å². The largest absolute Gasteiger partial charge is 0.378 e. The first-order valence-corrected chi connectivity index (χ1v) is 12.1. The zero-order chi connectivity index (χ0) is 22.1. The first kappa shape index (κ1) is 23.7. The highest BCUT2D eigenvalue weighted by atomic mass is 19.1. The van der Waals surface area contributed by atoms with Crippen LogP contribution >= 0.6 is 0 Å². The molecule has 168 valence electrons. The summed E-state index contributed by atoms with van der Waals surface area (Å²) in [6, 6.07) is 12.8. The Hall–Kier alpha value is -2.00. The zero-order valence-electron chi connectivity index (χ0n) is 19.2. The number of benzene rings is 2. The van der Waals surface area contributed by atoms with E-state index in [1.54, 1.807) is 25.1 Å². The molecule has 0 atom stereocenters. The van der Waals surface area contributed by atoms with Crippen LogP contribution < -0.4 is 0 Å². The number of carbonyl (C=O) groups is 1. The van der Waals surface area contributed by atoms with Gasteiger partial charge in [-0.25, -0.2) is 4.39 Å². The first-order chi connectivity index (χ1) is 15.1. The summed E-state index contributed by atoms with van der Waals surface area (Å²) in [7, 11) is 0. The summed E-state index contributed by atoms with van der Waals surface area (Å²) in [6.45, 7) is 4.67. The molecule has 0 heterocycles. The van der Waals surface area contributed by atoms with Crippen LogP contribution in [0.5, 0.6) is 0 Å². The second-order valence-corrected chi connectivity index (χ2v) is 8.99. The van der Waals surface area contributed by atoms with Crippen LogP contribution in [0.2, 0.25) is 0 Å². The van der Waals surface area contributed by atoms with Crippen LogP contribution in [0.25, 0.3) is 11.1 Å². The maximum atomic E-state index is 14.9. The Kier molecular flexibility index (Phi) is 9.27. The quantitative estimate of drug-likeness (QED) is 0.269. The molecule has 0 N–H and O–H groups in total. The smallest absolute Gasteiger partial charge is 0.159 e. The Labute approximate surface area is 187 Å². The molecule has 0 aromatic heterocycles. The van der Waals surface area contributed by atoms with Gasteiger partial charge in [0.1, 0.15) is 5.82 Å². The second-order valence-electron chi connectivity index (χ2n) is 8.99. The van der Waals surface area contributed by atoms with Crippen molar-refractivity contribution in [2.75, 3.05) is 6.61 Å². The number of ether oxygens (including phenoxy) is 1. The van der Waals surface area contributed by atoms with Gasteiger partial charge >= 0.3 is 0 Å². The summed E-state index contributed by atoms with van der Waals surface area (Å²) in [5.41, 5.74) is 3.14. The van der Waals surface area contributed by atoms with E-state index in [1.807, 2.05) is 18.2 Å². The Morgan fingerprint density at radius 1 is 0.935 bits per heavy atom. The van der Waals surface area contributed by atoms with E-state index in [4.69, 9.17) is 4.74 Å². The number of halogens is 1. The molecule has 1 saturated carbocycles. The van der Waals surface area contributed by atoms with E-state index in [9.17, 15) is 9.18 Å². The van der Waals surface area contributed by atoms with Gasteiger partial charge < -0.3 is 4.74 Å².